The van der Waals surface area contributed by atoms with Crippen LogP contribution in [0.4, 0.5) is 13.2 Å². The van der Waals surface area contributed by atoms with E-state index in [0.717, 1.165) is 0 Å². The van der Waals surface area contributed by atoms with Gasteiger partial charge in [0.15, 0.2) is 0 Å². The van der Waals surface area contributed by atoms with Crippen molar-refractivity contribution in [3.8, 4) is 0 Å². The lowest BCUT2D eigenvalue weighted by molar-refractivity contribution is -0.122. The molecule has 0 aromatic rings. The maximum Gasteiger partial charge on any atom is 0.414 e. The third kappa shape index (κ3) is 2.48. The van der Waals surface area contributed by atoms with Gasteiger partial charge in [0, 0.05) is 19.6 Å². The molecule has 1 heterocycles. The number of halogens is 3. The van der Waals surface area contributed by atoms with Gasteiger partial charge in [0.2, 0.25) is 0 Å². The molecule has 0 bridgehead atoms. The normalized spacial score (nSPS) is 29.7. The molecule has 0 radical (unpaired) electrons. The third-order valence-corrected chi connectivity index (χ3v) is 2.44. The third-order valence-electron chi connectivity index (χ3n) is 2.44. The molecule has 1 aliphatic heterocycles. The highest BCUT2D eigenvalue weighted by molar-refractivity contribution is 5.18. The molecule has 82 valence electrons. The zero-order valence-electron chi connectivity index (χ0n) is 7.73. The molecule has 14 heavy (non-hydrogen) atoms. The van der Waals surface area contributed by atoms with Crippen molar-refractivity contribution >= 4 is 0 Å². The van der Waals surface area contributed by atoms with Crippen LogP contribution in [0.1, 0.15) is 19.3 Å². The van der Waals surface area contributed by atoms with Gasteiger partial charge in [-0.1, -0.05) is 6.58 Å². The zero-order valence-corrected chi connectivity index (χ0v) is 7.73. The van der Waals surface area contributed by atoms with Gasteiger partial charge in [-0.25, -0.2) is 0 Å². The van der Waals surface area contributed by atoms with E-state index in [0.29, 0.717) is 13.0 Å². The molecular weight excluding hydrogens is 197 g/mol. The summed E-state index contributed by atoms with van der Waals surface area (Å²) in [6, 6.07) is 0. The average molecular weight is 210 g/mol. The Hall–Kier alpha value is -0.550. The van der Waals surface area contributed by atoms with E-state index in [1.165, 1.54) is 0 Å². The smallest absolute Gasteiger partial charge is 0.385 e. The van der Waals surface area contributed by atoms with Gasteiger partial charge in [-0.3, -0.25) is 0 Å². The summed E-state index contributed by atoms with van der Waals surface area (Å²) in [4.78, 5) is 0. The Labute approximate surface area is 80.4 Å². The number of aliphatic hydroxyl groups is 1. The Balaban J connectivity index is 2.76. The topological polar surface area (TPSA) is 29.5 Å². The summed E-state index contributed by atoms with van der Waals surface area (Å²) in [7, 11) is 0. The summed E-state index contributed by atoms with van der Waals surface area (Å²) in [5.41, 5.74) is -2.90. The number of hydrogen-bond acceptors (Lipinski definition) is 2. The van der Waals surface area contributed by atoms with E-state index in [1.54, 1.807) is 0 Å². The fourth-order valence-corrected chi connectivity index (χ4v) is 1.50. The molecule has 1 N–H and O–H groups in total. The first kappa shape index (κ1) is 11.5. The molecule has 2 nitrogen and oxygen atoms in total. The molecule has 0 aromatic carbocycles. The van der Waals surface area contributed by atoms with Gasteiger partial charge in [-0.15, -0.1) is 0 Å². The molecular formula is C9H13F3O2. The van der Waals surface area contributed by atoms with E-state index in [9.17, 15) is 18.3 Å². The van der Waals surface area contributed by atoms with Crippen molar-refractivity contribution in [2.75, 3.05) is 13.2 Å². The lowest BCUT2D eigenvalue weighted by atomic mass is 9.87. The Morgan fingerprint density at radius 2 is 1.93 bits per heavy atom. The number of rotatable bonds is 1. The monoisotopic (exact) mass is 210 g/mol. The molecule has 0 aromatic heterocycles. The van der Waals surface area contributed by atoms with Gasteiger partial charge in [0.1, 0.15) is 0 Å². The maximum atomic E-state index is 12.3. The first-order valence-corrected chi connectivity index (χ1v) is 4.43. The quantitative estimate of drug-likeness (QED) is 0.671. The lowest BCUT2D eigenvalue weighted by Gasteiger charge is -2.29. The van der Waals surface area contributed by atoms with Crippen LogP contribution in [0.3, 0.4) is 0 Å². The highest BCUT2D eigenvalue weighted by Gasteiger charge is 2.45. The minimum Gasteiger partial charge on any atom is -0.385 e. The van der Waals surface area contributed by atoms with E-state index < -0.39 is 17.4 Å². The van der Waals surface area contributed by atoms with Gasteiger partial charge in [0.25, 0.3) is 0 Å². The van der Waals surface area contributed by atoms with E-state index in [2.05, 4.69) is 6.58 Å². The van der Waals surface area contributed by atoms with Crippen LogP contribution in [0, 0.1) is 0 Å². The highest BCUT2D eigenvalue weighted by Crippen LogP contribution is 2.38. The van der Waals surface area contributed by atoms with Crippen molar-refractivity contribution in [2.45, 2.75) is 31.0 Å². The number of ether oxygens (including phenoxy) is 1. The van der Waals surface area contributed by atoms with E-state index in [1.807, 2.05) is 0 Å². The Morgan fingerprint density at radius 1 is 1.29 bits per heavy atom. The van der Waals surface area contributed by atoms with Crippen LogP contribution in [0.15, 0.2) is 12.2 Å². The van der Waals surface area contributed by atoms with Crippen LogP contribution in [-0.2, 0) is 4.74 Å². The first-order valence-electron chi connectivity index (χ1n) is 4.43. The van der Waals surface area contributed by atoms with Crippen LogP contribution in [0.5, 0.6) is 0 Å². The van der Waals surface area contributed by atoms with Crippen LogP contribution in [-0.4, -0.2) is 30.1 Å². The second-order valence-corrected chi connectivity index (χ2v) is 3.47. The van der Waals surface area contributed by atoms with Crippen LogP contribution in [0.2, 0.25) is 0 Å². The SMILES string of the molecule is C=C(C(F)(F)F)C1(O)CCCOCC1. The predicted molar refractivity (Wildman–Crippen MR) is 44.8 cm³/mol. The molecule has 1 atom stereocenters. The van der Waals surface area contributed by atoms with Crippen LogP contribution >= 0.6 is 0 Å². The number of alkyl halides is 3. The van der Waals surface area contributed by atoms with Gasteiger partial charge >= 0.3 is 6.18 Å². The highest BCUT2D eigenvalue weighted by atomic mass is 19.4. The second kappa shape index (κ2) is 3.90. The molecule has 0 amide bonds. The molecule has 1 aliphatic rings. The van der Waals surface area contributed by atoms with Crippen LogP contribution in [0.25, 0.3) is 0 Å². The molecule has 1 saturated heterocycles. The lowest BCUT2D eigenvalue weighted by Crippen LogP contribution is -2.37. The molecule has 1 rings (SSSR count). The summed E-state index contributed by atoms with van der Waals surface area (Å²) in [5, 5.41) is 9.76. The van der Waals surface area contributed by atoms with Crippen molar-refractivity contribution in [3.63, 3.8) is 0 Å². The van der Waals surface area contributed by atoms with Crippen molar-refractivity contribution in [1.82, 2.24) is 0 Å². The summed E-state index contributed by atoms with van der Waals surface area (Å²) < 4.78 is 41.9. The Morgan fingerprint density at radius 3 is 2.50 bits per heavy atom. The van der Waals surface area contributed by atoms with E-state index >= 15 is 0 Å². The molecule has 1 fully saturated rings. The summed E-state index contributed by atoms with van der Waals surface area (Å²) in [5.74, 6) is 0. The Kier molecular flexibility index (Phi) is 3.21. The van der Waals surface area contributed by atoms with Gasteiger partial charge in [-0.2, -0.15) is 13.2 Å². The molecule has 0 saturated carbocycles. The fourth-order valence-electron chi connectivity index (χ4n) is 1.50. The summed E-state index contributed by atoms with van der Waals surface area (Å²) in [6.45, 7) is 3.47. The minimum atomic E-state index is -4.53. The van der Waals surface area contributed by atoms with Gasteiger partial charge < -0.3 is 9.84 Å². The van der Waals surface area contributed by atoms with Gasteiger partial charge in [0.05, 0.1) is 11.2 Å². The molecule has 1 unspecified atom stereocenters. The van der Waals surface area contributed by atoms with Crippen molar-refractivity contribution in [3.05, 3.63) is 12.2 Å². The van der Waals surface area contributed by atoms with E-state index in [4.69, 9.17) is 4.74 Å². The second-order valence-electron chi connectivity index (χ2n) is 3.47. The van der Waals surface area contributed by atoms with Crippen molar-refractivity contribution in [2.24, 2.45) is 0 Å². The minimum absolute atomic E-state index is 0.0364. The molecule has 0 aliphatic carbocycles. The van der Waals surface area contributed by atoms with Crippen LogP contribution < -0.4 is 0 Å². The fraction of sp³-hybridized carbons (Fsp3) is 0.778. The molecule has 0 spiro atoms. The Bertz CT molecular complexity index is 215. The van der Waals surface area contributed by atoms with Crippen molar-refractivity contribution < 1.29 is 23.0 Å². The maximum absolute atomic E-state index is 12.3. The van der Waals surface area contributed by atoms with Crippen molar-refractivity contribution in [1.29, 1.82) is 0 Å². The number of hydrogen-bond donors (Lipinski definition) is 1. The van der Waals surface area contributed by atoms with Gasteiger partial charge in [-0.05, 0) is 12.8 Å². The molecule has 5 heteroatoms. The van der Waals surface area contributed by atoms with E-state index in [-0.39, 0.29) is 19.4 Å². The standard InChI is InChI=1S/C9H13F3O2/c1-7(9(10,11)12)8(13)3-2-5-14-6-4-8/h13H,1-6H2. The largest absolute Gasteiger partial charge is 0.414 e. The zero-order chi connectivity index (χ0) is 10.8. The first-order chi connectivity index (χ1) is 6.36. The predicted octanol–water partition coefficient (Wildman–Crippen LogP) is 2.04. The summed E-state index contributed by atoms with van der Waals surface area (Å²) >= 11 is 0. The summed E-state index contributed by atoms with van der Waals surface area (Å²) in [6.07, 6.45) is -4.08. The average Bonchev–Trinajstić information content (AvgIpc) is 2.28.